The van der Waals surface area contributed by atoms with Crippen molar-refractivity contribution < 1.29 is 27.5 Å². The Morgan fingerprint density at radius 2 is 1.51 bits per heavy atom. The van der Waals surface area contributed by atoms with Crippen molar-refractivity contribution in [3.63, 3.8) is 0 Å². The molecule has 2 saturated heterocycles. The van der Waals surface area contributed by atoms with Crippen molar-refractivity contribution >= 4 is 18.3 Å². The van der Waals surface area contributed by atoms with E-state index in [4.69, 9.17) is 0 Å². The zero-order valence-corrected chi connectivity index (χ0v) is 22.6. The number of likely N-dealkylation sites (tertiary alicyclic amines) is 2. The number of benzene rings is 2. The minimum Gasteiger partial charge on any atom is -0.384 e. The van der Waals surface area contributed by atoms with E-state index in [9.17, 15) is 27.5 Å². The number of rotatable bonds is 3. The minimum absolute atomic E-state index is 0. The molecule has 2 aliphatic heterocycles. The summed E-state index contributed by atoms with van der Waals surface area (Å²) in [4.78, 5) is 17.7. The van der Waals surface area contributed by atoms with Gasteiger partial charge in [0, 0.05) is 55.5 Å². The summed E-state index contributed by atoms with van der Waals surface area (Å²) in [6, 6.07) is 6.89. The minimum atomic E-state index is -1.44. The molecule has 9 heteroatoms. The normalized spacial score (nSPS) is 28.8. The maximum absolute atomic E-state index is 14.8. The molecule has 37 heavy (non-hydrogen) atoms. The van der Waals surface area contributed by atoms with Gasteiger partial charge in [-0.3, -0.25) is 9.69 Å². The van der Waals surface area contributed by atoms with Gasteiger partial charge in [-0.2, -0.15) is 0 Å². The summed E-state index contributed by atoms with van der Waals surface area (Å²) < 4.78 is 55.9. The lowest BCUT2D eigenvalue weighted by Crippen LogP contribution is -2.57. The quantitative estimate of drug-likeness (QED) is 0.522. The average Bonchev–Trinajstić information content (AvgIpc) is 3.24. The number of piperidine rings is 1. The van der Waals surface area contributed by atoms with Crippen LogP contribution < -0.4 is 0 Å². The van der Waals surface area contributed by atoms with Crippen LogP contribution in [0, 0.1) is 41.0 Å². The van der Waals surface area contributed by atoms with Gasteiger partial charge in [-0.1, -0.05) is 26.0 Å². The van der Waals surface area contributed by atoms with Gasteiger partial charge >= 0.3 is 0 Å². The molecule has 0 unspecified atom stereocenters. The van der Waals surface area contributed by atoms with Gasteiger partial charge in [0.15, 0.2) is 11.6 Å². The Balaban J connectivity index is 0.00000380. The summed E-state index contributed by atoms with van der Waals surface area (Å²) >= 11 is 0. The molecule has 1 amide bonds. The van der Waals surface area contributed by atoms with Crippen LogP contribution in [0.2, 0.25) is 0 Å². The van der Waals surface area contributed by atoms with Gasteiger partial charge in [0.1, 0.15) is 11.6 Å². The van der Waals surface area contributed by atoms with Crippen molar-refractivity contribution in [2.75, 3.05) is 26.2 Å². The molecule has 2 heterocycles. The van der Waals surface area contributed by atoms with Gasteiger partial charge in [-0.15, -0.1) is 12.4 Å². The third-order valence-electron chi connectivity index (χ3n) is 8.13. The van der Waals surface area contributed by atoms with Crippen molar-refractivity contribution in [1.82, 2.24) is 9.80 Å². The number of halogens is 5. The molecule has 1 N–H and O–H groups in total. The maximum atomic E-state index is 14.8. The smallest absolute Gasteiger partial charge is 0.227 e. The molecule has 2 fully saturated rings. The van der Waals surface area contributed by atoms with Crippen LogP contribution in [0.5, 0.6) is 0 Å². The van der Waals surface area contributed by atoms with Crippen LogP contribution in [0.4, 0.5) is 17.6 Å². The molecule has 204 valence electrons. The standard InChI is InChI=1S/C28H34F4N2O2.ClH/c1-16-12-33(13-17(2)28(16,36)18-6-9-23(30)25(32)10-18)26(35)22-15-34(27(3,4)5)14-21(22)20-8-7-19(29)11-24(20)31;/h6-11,16-17,21-22,36H,12-15H2,1-5H3;1H/t16-,17+,21-,22+,28+;/m0./s1. The molecule has 2 aromatic carbocycles. The van der Waals surface area contributed by atoms with E-state index in [0.717, 1.165) is 18.2 Å². The number of aliphatic hydroxyl groups is 1. The van der Waals surface area contributed by atoms with Crippen LogP contribution >= 0.6 is 12.4 Å². The van der Waals surface area contributed by atoms with Crippen molar-refractivity contribution in [1.29, 1.82) is 0 Å². The highest BCUT2D eigenvalue weighted by Crippen LogP contribution is 2.44. The first-order valence-electron chi connectivity index (χ1n) is 12.4. The molecule has 2 aromatic rings. The van der Waals surface area contributed by atoms with E-state index in [2.05, 4.69) is 4.90 Å². The molecule has 0 aromatic heterocycles. The lowest BCUT2D eigenvalue weighted by molar-refractivity contribution is -0.152. The van der Waals surface area contributed by atoms with Gasteiger partial charge in [0.25, 0.3) is 0 Å². The molecule has 4 nitrogen and oxygen atoms in total. The zero-order chi connectivity index (χ0) is 26.6. The number of hydrogen-bond acceptors (Lipinski definition) is 3. The molecule has 0 bridgehead atoms. The van der Waals surface area contributed by atoms with E-state index >= 15 is 0 Å². The van der Waals surface area contributed by atoms with Crippen molar-refractivity contribution in [2.45, 2.75) is 51.7 Å². The fraction of sp³-hybridized carbons (Fsp3) is 0.536. The van der Waals surface area contributed by atoms with Gasteiger partial charge in [0.2, 0.25) is 5.91 Å². The van der Waals surface area contributed by atoms with E-state index in [1.54, 1.807) is 18.7 Å². The monoisotopic (exact) mass is 542 g/mol. The molecular formula is C28H35ClF4N2O2. The van der Waals surface area contributed by atoms with Crippen LogP contribution in [-0.4, -0.2) is 52.5 Å². The van der Waals surface area contributed by atoms with Crippen molar-refractivity contribution in [2.24, 2.45) is 17.8 Å². The number of amides is 1. The summed E-state index contributed by atoms with van der Waals surface area (Å²) in [5.41, 5.74) is -1.10. The predicted molar refractivity (Wildman–Crippen MR) is 136 cm³/mol. The van der Waals surface area contributed by atoms with E-state index in [0.29, 0.717) is 18.7 Å². The second-order valence-corrected chi connectivity index (χ2v) is 11.5. The Kier molecular flexibility index (Phi) is 8.38. The maximum Gasteiger partial charge on any atom is 0.227 e. The number of hydrogen-bond donors (Lipinski definition) is 1. The molecule has 0 radical (unpaired) electrons. The molecule has 0 saturated carbocycles. The Bertz CT molecular complexity index is 1140. The van der Waals surface area contributed by atoms with Crippen LogP contribution in [0.3, 0.4) is 0 Å². The topological polar surface area (TPSA) is 43.8 Å². The lowest BCUT2D eigenvalue weighted by Gasteiger charge is -2.48. The predicted octanol–water partition coefficient (Wildman–Crippen LogP) is 5.48. The first kappa shape index (κ1) is 29.4. The van der Waals surface area contributed by atoms with Gasteiger partial charge in [-0.25, -0.2) is 17.6 Å². The first-order valence-corrected chi connectivity index (χ1v) is 12.4. The first-order chi connectivity index (χ1) is 16.7. The SMILES string of the molecule is C[C@@H]1CN(C(=O)[C@@H]2CN(C(C)(C)C)C[C@H]2c2ccc(F)cc2F)C[C@H](C)[C@]1(O)c1ccc(F)c(F)c1.Cl. The fourth-order valence-electron chi connectivity index (χ4n) is 5.95. The van der Waals surface area contributed by atoms with Crippen LogP contribution in [0.25, 0.3) is 0 Å². The summed E-state index contributed by atoms with van der Waals surface area (Å²) in [6.07, 6.45) is 0. The highest BCUT2D eigenvalue weighted by Gasteiger charge is 2.50. The average molecular weight is 543 g/mol. The molecule has 4 rings (SSSR count). The third kappa shape index (κ3) is 5.38. The fourth-order valence-corrected chi connectivity index (χ4v) is 5.95. The number of carbonyl (C=O) groups is 1. The van der Waals surface area contributed by atoms with Crippen LogP contribution in [-0.2, 0) is 10.4 Å². The number of nitrogens with zero attached hydrogens (tertiary/aromatic N) is 2. The lowest BCUT2D eigenvalue weighted by atomic mass is 9.70. The summed E-state index contributed by atoms with van der Waals surface area (Å²) in [7, 11) is 0. The molecular weight excluding hydrogens is 508 g/mol. The van der Waals surface area contributed by atoms with E-state index in [1.165, 1.54) is 18.2 Å². The summed E-state index contributed by atoms with van der Waals surface area (Å²) in [5, 5.41) is 11.6. The highest BCUT2D eigenvalue weighted by molar-refractivity contribution is 5.85. The second kappa shape index (κ2) is 10.5. The van der Waals surface area contributed by atoms with Crippen LogP contribution in [0.1, 0.15) is 51.7 Å². The third-order valence-corrected chi connectivity index (χ3v) is 8.13. The Hall–Kier alpha value is -2.16. The van der Waals surface area contributed by atoms with Crippen molar-refractivity contribution in [3.8, 4) is 0 Å². The molecule has 0 aliphatic carbocycles. The van der Waals surface area contributed by atoms with E-state index in [-0.39, 0.29) is 42.5 Å². The molecule has 5 atom stereocenters. The Morgan fingerprint density at radius 1 is 0.892 bits per heavy atom. The van der Waals surface area contributed by atoms with Gasteiger partial charge in [-0.05, 0) is 50.1 Å². The van der Waals surface area contributed by atoms with E-state index < -0.39 is 52.5 Å². The highest BCUT2D eigenvalue weighted by atomic mass is 35.5. The Morgan fingerprint density at radius 3 is 2.05 bits per heavy atom. The molecule has 2 aliphatic rings. The van der Waals surface area contributed by atoms with Gasteiger partial charge < -0.3 is 10.0 Å². The second-order valence-electron chi connectivity index (χ2n) is 11.5. The summed E-state index contributed by atoms with van der Waals surface area (Å²) in [5.74, 6) is -5.42. The number of carbonyl (C=O) groups excluding carboxylic acids is 1. The molecule has 0 spiro atoms. The Labute approximate surface area is 222 Å². The van der Waals surface area contributed by atoms with Crippen LogP contribution in [0.15, 0.2) is 36.4 Å². The summed E-state index contributed by atoms with van der Waals surface area (Å²) in [6.45, 7) is 11.0. The zero-order valence-electron chi connectivity index (χ0n) is 21.8. The van der Waals surface area contributed by atoms with E-state index in [1.807, 2.05) is 20.8 Å². The van der Waals surface area contributed by atoms with Gasteiger partial charge in [0.05, 0.1) is 11.5 Å². The largest absolute Gasteiger partial charge is 0.384 e. The van der Waals surface area contributed by atoms with Crippen molar-refractivity contribution in [3.05, 3.63) is 70.8 Å².